The Bertz CT molecular complexity index is 624. The average Bonchev–Trinajstić information content (AvgIpc) is 2.41. The molecule has 0 aliphatic heterocycles. The van der Waals surface area contributed by atoms with E-state index in [0.29, 0.717) is 5.95 Å². The molecule has 1 N–H and O–H groups in total. The highest BCUT2D eigenvalue weighted by atomic mass is 15.1. The molecule has 0 amide bonds. The number of rotatable bonds is 3. The Labute approximate surface area is 113 Å². The Kier molecular flexibility index (Phi) is 3.76. The van der Waals surface area contributed by atoms with E-state index in [2.05, 4.69) is 48.2 Å². The van der Waals surface area contributed by atoms with Crippen LogP contribution in [0.15, 0.2) is 24.5 Å². The van der Waals surface area contributed by atoms with Gasteiger partial charge in [-0.05, 0) is 43.0 Å². The Balaban J connectivity index is 2.32. The highest BCUT2D eigenvalue weighted by Crippen LogP contribution is 2.25. The molecule has 4 heteroatoms. The van der Waals surface area contributed by atoms with E-state index in [1.807, 2.05) is 6.07 Å². The Morgan fingerprint density at radius 1 is 1.05 bits per heavy atom. The molecule has 0 radical (unpaired) electrons. The van der Waals surface area contributed by atoms with Crippen LogP contribution in [0.5, 0.6) is 0 Å². The second-order valence-corrected chi connectivity index (χ2v) is 4.56. The van der Waals surface area contributed by atoms with E-state index in [-0.39, 0.29) is 6.54 Å². The van der Waals surface area contributed by atoms with Gasteiger partial charge in [0.05, 0.1) is 6.07 Å². The number of aromatic nitrogens is 2. The first-order chi connectivity index (χ1) is 9.11. The topological polar surface area (TPSA) is 61.6 Å². The van der Waals surface area contributed by atoms with Crippen molar-refractivity contribution in [3.8, 4) is 17.2 Å². The van der Waals surface area contributed by atoms with Crippen molar-refractivity contribution in [1.29, 1.82) is 5.26 Å². The van der Waals surface area contributed by atoms with Gasteiger partial charge in [-0.1, -0.05) is 12.1 Å². The summed E-state index contributed by atoms with van der Waals surface area (Å²) in [7, 11) is 0. The maximum Gasteiger partial charge on any atom is 0.223 e. The van der Waals surface area contributed by atoms with Crippen LogP contribution in [0.4, 0.5) is 5.95 Å². The number of nitriles is 1. The smallest absolute Gasteiger partial charge is 0.223 e. The van der Waals surface area contributed by atoms with Crippen LogP contribution in [0.3, 0.4) is 0 Å². The van der Waals surface area contributed by atoms with Crippen molar-refractivity contribution < 1.29 is 0 Å². The van der Waals surface area contributed by atoms with Crippen molar-refractivity contribution in [1.82, 2.24) is 9.97 Å². The third-order valence-electron chi connectivity index (χ3n) is 3.13. The molecule has 0 bridgehead atoms. The largest absolute Gasteiger partial charge is 0.341 e. The van der Waals surface area contributed by atoms with Crippen LogP contribution >= 0.6 is 0 Å². The summed E-state index contributed by atoms with van der Waals surface area (Å²) in [5.41, 5.74) is 5.89. The van der Waals surface area contributed by atoms with Crippen molar-refractivity contribution in [2.24, 2.45) is 0 Å². The second kappa shape index (κ2) is 5.49. The molecule has 2 rings (SSSR count). The number of hydrogen-bond acceptors (Lipinski definition) is 4. The average molecular weight is 252 g/mol. The molecule has 0 spiro atoms. The fourth-order valence-electron chi connectivity index (χ4n) is 1.95. The minimum atomic E-state index is 0.210. The lowest BCUT2D eigenvalue weighted by molar-refractivity contribution is 1.12. The van der Waals surface area contributed by atoms with Gasteiger partial charge in [-0.2, -0.15) is 5.26 Å². The van der Waals surface area contributed by atoms with Crippen LogP contribution < -0.4 is 5.32 Å². The van der Waals surface area contributed by atoms with E-state index in [4.69, 9.17) is 5.26 Å². The zero-order valence-corrected chi connectivity index (χ0v) is 11.4. The van der Waals surface area contributed by atoms with Crippen LogP contribution in [0.1, 0.15) is 16.7 Å². The fourth-order valence-corrected chi connectivity index (χ4v) is 1.95. The molecule has 0 saturated carbocycles. The number of nitrogens with one attached hydrogen (secondary N) is 1. The van der Waals surface area contributed by atoms with Crippen LogP contribution in [-0.2, 0) is 0 Å². The molecule has 96 valence electrons. The van der Waals surface area contributed by atoms with Gasteiger partial charge in [0.15, 0.2) is 0 Å². The van der Waals surface area contributed by atoms with Crippen LogP contribution in [-0.4, -0.2) is 16.5 Å². The first kappa shape index (κ1) is 13.0. The zero-order chi connectivity index (χ0) is 13.8. The number of nitrogens with zero attached hydrogens (tertiary/aromatic N) is 3. The van der Waals surface area contributed by atoms with Crippen molar-refractivity contribution in [3.63, 3.8) is 0 Å². The molecule has 1 aromatic heterocycles. The number of benzene rings is 1. The third-order valence-corrected chi connectivity index (χ3v) is 3.13. The molecule has 0 saturated heterocycles. The minimum Gasteiger partial charge on any atom is -0.341 e. The summed E-state index contributed by atoms with van der Waals surface area (Å²) in [4.78, 5) is 8.42. The summed E-state index contributed by atoms with van der Waals surface area (Å²) in [5, 5.41) is 11.3. The highest BCUT2D eigenvalue weighted by molar-refractivity contribution is 5.67. The maximum absolute atomic E-state index is 8.49. The van der Waals surface area contributed by atoms with E-state index in [1.165, 1.54) is 16.7 Å². The fraction of sp³-hybridized carbons (Fsp3) is 0.267. The Morgan fingerprint density at radius 3 is 2.32 bits per heavy atom. The molecule has 0 atom stereocenters. The summed E-state index contributed by atoms with van der Waals surface area (Å²) in [6.07, 6.45) is 3.56. The van der Waals surface area contributed by atoms with E-state index in [1.54, 1.807) is 12.4 Å². The Morgan fingerprint density at radius 2 is 1.68 bits per heavy atom. The first-order valence-corrected chi connectivity index (χ1v) is 6.13. The number of aryl methyl sites for hydroxylation is 3. The second-order valence-electron chi connectivity index (χ2n) is 4.56. The van der Waals surface area contributed by atoms with Gasteiger partial charge in [-0.15, -0.1) is 0 Å². The summed E-state index contributed by atoms with van der Waals surface area (Å²) in [5.74, 6) is 0.479. The van der Waals surface area contributed by atoms with Gasteiger partial charge in [0.25, 0.3) is 0 Å². The molecule has 0 fully saturated rings. The van der Waals surface area contributed by atoms with E-state index in [0.717, 1.165) is 11.1 Å². The van der Waals surface area contributed by atoms with Gasteiger partial charge < -0.3 is 5.32 Å². The normalized spacial score (nSPS) is 10.0. The molecule has 19 heavy (non-hydrogen) atoms. The third kappa shape index (κ3) is 2.89. The van der Waals surface area contributed by atoms with Gasteiger partial charge in [0, 0.05) is 18.0 Å². The first-order valence-electron chi connectivity index (χ1n) is 6.13. The van der Waals surface area contributed by atoms with Gasteiger partial charge in [0.2, 0.25) is 5.95 Å². The van der Waals surface area contributed by atoms with Crippen molar-refractivity contribution in [2.45, 2.75) is 20.8 Å². The summed E-state index contributed by atoms with van der Waals surface area (Å²) >= 11 is 0. The van der Waals surface area contributed by atoms with Crippen molar-refractivity contribution in [3.05, 3.63) is 41.2 Å². The monoisotopic (exact) mass is 252 g/mol. The summed E-state index contributed by atoms with van der Waals surface area (Å²) in [6, 6.07) is 6.33. The number of hydrogen-bond donors (Lipinski definition) is 1. The van der Waals surface area contributed by atoms with Crippen LogP contribution in [0.25, 0.3) is 11.1 Å². The lowest BCUT2D eigenvalue weighted by Crippen LogP contribution is -2.03. The molecule has 2 aromatic rings. The lowest BCUT2D eigenvalue weighted by atomic mass is 9.97. The van der Waals surface area contributed by atoms with Crippen molar-refractivity contribution in [2.75, 3.05) is 11.9 Å². The SMILES string of the molecule is Cc1cc(C)c(-c2cnc(NCC#N)nc2)cc1C. The molecule has 1 aromatic carbocycles. The van der Waals surface area contributed by atoms with Gasteiger partial charge in [0.1, 0.15) is 6.54 Å². The number of anilines is 1. The molecule has 4 nitrogen and oxygen atoms in total. The molecular weight excluding hydrogens is 236 g/mol. The molecule has 0 aliphatic rings. The van der Waals surface area contributed by atoms with E-state index >= 15 is 0 Å². The quantitative estimate of drug-likeness (QED) is 0.853. The summed E-state index contributed by atoms with van der Waals surface area (Å²) in [6.45, 7) is 6.51. The maximum atomic E-state index is 8.49. The minimum absolute atomic E-state index is 0.210. The van der Waals surface area contributed by atoms with E-state index < -0.39 is 0 Å². The molecular formula is C15H16N4. The van der Waals surface area contributed by atoms with Gasteiger partial charge >= 0.3 is 0 Å². The van der Waals surface area contributed by atoms with Gasteiger partial charge in [-0.25, -0.2) is 9.97 Å². The lowest BCUT2D eigenvalue weighted by Gasteiger charge is -2.10. The molecule has 0 unspecified atom stereocenters. The zero-order valence-electron chi connectivity index (χ0n) is 11.4. The van der Waals surface area contributed by atoms with Crippen LogP contribution in [0.2, 0.25) is 0 Å². The van der Waals surface area contributed by atoms with E-state index in [9.17, 15) is 0 Å². The molecule has 0 aliphatic carbocycles. The summed E-state index contributed by atoms with van der Waals surface area (Å²) < 4.78 is 0. The predicted molar refractivity (Wildman–Crippen MR) is 75.8 cm³/mol. The Hall–Kier alpha value is -2.41. The predicted octanol–water partition coefficient (Wildman–Crippen LogP) is 3.00. The van der Waals surface area contributed by atoms with Crippen molar-refractivity contribution >= 4 is 5.95 Å². The highest BCUT2D eigenvalue weighted by Gasteiger charge is 2.06. The van der Waals surface area contributed by atoms with Crippen LogP contribution in [0, 0.1) is 32.1 Å². The molecule has 1 heterocycles. The standard InChI is InChI=1S/C15H16N4/c1-10-6-12(3)14(7-11(10)2)13-8-18-15(19-9-13)17-5-4-16/h6-9H,5H2,1-3H3,(H,17,18,19). The van der Waals surface area contributed by atoms with Gasteiger partial charge in [-0.3, -0.25) is 0 Å².